The molecule has 0 amide bonds. The average Bonchev–Trinajstić information content (AvgIpc) is 3.15. The Morgan fingerprint density at radius 3 is 1.89 bits per heavy atom. The van der Waals surface area contributed by atoms with E-state index in [1.807, 2.05) is 72.8 Å². The summed E-state index contributed by atoms with van der Waals surface area (Å²) in [5.74, 6) is -0.470. The zero-order valence-electron chi connectivity index (χ0n) is 14.9. The fraction of sp³-hybridized carbons (Fsp3) is 0.0870. The first-order valence-corrected chi connectivity index (χ1v) is 8.84. The van der Waals surface area contributed by atoms with Gasteiger partial charge in [-0.2, -0.15) is 5.26 Å². The Kier molecular flexibility index (Phi) is 4.61. The summed E-state index contributed by atoms with van der Waals surface area (Å²) in [7, 11) is 0. The summed E-state index contributed by atoms with van der Waals surface area (Å²) in [4.78, 5) is 11.2. The molecule has 0 spiro atoms. The minimum Gasteiger partial charge on any atom is -0.427 e. The van der Waals surface area contributed by atoms with Gasteiger partial charge in [-0.05, 0) is 16.7 Å². The maximum Gasteiger partial charge on any atom is 0.365 e. The van der Waals surface area contributed by atoms with Gasteiger partial charge in [0.15, 0.2) is 0 Å². The van der Waals surface area contributed by atoms with Gasteiger partial charge in [-0.1, -0.05) is 84.9 Å². The highest BCUT2D eigenvalue weighted by Crippen LogP contribution is 2.43. The van der Waals surface area contributed by atoms with Gasteiger partial charge in [-0.15, -0.1) is 0 Å². The second-order valence-corrected chi connectivity index (χ2v) is 6.48. The monoisotopic (exact) mass is 368 g/mol. The lowest BCUT2D eigenvalue weighted by Gasteiger charge is -2.13. The molecule has 28 heavy (non-hydrogen) atoms. The molecule has 0 radical (unpaired) electrons. The Balaban J connectivity index is 1.76. The Morgan fingerprint density at radius 2 is 1.36 bits per heavy atom. The number of hydrogen-bond donors (Lipinski definition) is 0. The number of benzene rings is 3. The van der Waals surface area contributed by atoms with Gasteiger partial charge in [0.25, 0.3) is 0 Å². The molecule has 5 nitrogen and oxygen atoms in total. The lowest BCUT2D eigenvalue weighted by Crippen LogP contribution is -2.26. The molecular formula is C23H16N2O3. The van der Waals surface area contributed by atoms with Crippen LogP contribution < -0.4 is 0 Å². The zero-order valence-corrected chi connectivity index (χ0v) is 14.9. The van der Waals surface area contributed by atoms with Crippen LogP contribution in [0.25, 0.3) is 16.9 Å². The van der Waals surface area contributed by atoms with Crippen molar-refractivity contribution < 1.29 is 9.66 Å². The molecule has 3 aromatic carbocycles. The van der Waals surface area contributed by atoms with Crippen molar-refractivity contribution in [3.63, 3.8) is 0 Å². The SMILES string of the molecule is N#CC1=C(c2ccccc2)O[C@H]([N+](=O)[O-])[C@H]1c1ccc(-c2ccccc2)cc1. The highest BCUT2D eigenvalue weighted by molar-refractivity contribution is 5.72. The highest BCUT2D eigenvalue weighted by Gasteiger charge is 2.46. The van der Waals surface area contributed by atoms with E-state index in [4.69, 9.17) is 4.74 Å². The maximum absolute atomic E-state index is 11.7. The third kappa shape index (κ3) is 3.12. The molecule has 0 saturated carbocycles. The summed E-state index contributed by atoms with van der Waals surface area (Å²) in [6, 6.07) is 28.5. The van der Waals surface area contributed by atoms with Crippen LogP contribution in [0.3, 0.4) is 0 Å². The molecule has 0 unspecified atom stereocenters. The summed E-state index contributed by atoms with van der Waals surface area (Å²) in [6.07, 6.45) is -1.33. The fourth-order valence-corrected chi connectivity index (χ4v) is 3.48. The van der Waals surface area contributed by atoms with Gasteiger partial charge in [-0.3, -0.25) is 10.1 Å². The lowest BCUT2D eigenvalue weighted by molar-refractivity contribution is -0.567. The largest absolute Gasteiger partial charge is 0.427 e. The van der Waals surface area contributed by atoms with E-state index in [0.29, 0.717) is 11.1 Å². The first kappa shape index (κ1) is 17.5. The van der Waals surface area contributed by atoms with Crippen LogP contribution in [0.5, 0.6) is 0 Å². The highest BCUT2D eigenvalue weighted by atomic mass is 16.7. The molecular weight excluding hydrogens is 352 g/mol. The van der Waals surface area contributed by atoms with Crippen LogP contribution in [0.2, 0.25) is 0 Å². The van der Waals surface area contributed by atoms with Crippen molar-refractivity contribution in [1.29, 1.82) is 5.26 Å². The zero-order chi connectivity index (χ0) is 19.5. The molecule has 2 atom stereocenters. The van der Waals surface area contributed by atoms with Gasteiger partial charge < -0.3 is 4.74 Å². The van der Waals surface area contributed by atoms with Crippen LogP contribution in [0.4, 0.5) is 0 Å². The molecule has 5 heteroatoms. The number of hydrogen-bond acceptors (Lipinski definition) is 4. The standard InChI is InChI=1S/C23H16N2O3/c24-15-20-21(18-13-11-17(12-14-18)16-7-3-1-4-8-16)23(25(26)27)28-22(20)19-9-5-2-6-10-19/h1-14,21,23H/t21-,23-/m0/s1. The molecule has 3 aromatic rings. The summed E-state index contributed by atoms with van der Waals surface area (Å²) in [6.45, 7) is 0. The number of ether oxygens (including phenoxy) is 1. The number of nitriles is 1. The number of nitro groups is 1. The van der Waals surface area contributed by atoms with E-state index >= 15 is 0 Å². The first-order chi connectivity index (χ1) is 13.7. The van der Waals surface area contributed by atoms with Crippen LogP contribution in [0, 0.1) is 21.4 Å². The van der Waals surface area contributed by atoms with Crippen molar-refractivity contribution in [3.05, 3.63) is 112 Å². The van der Waals surface area contributed by atoms with E-state index in [1.54, 1.807) is 12.1 Å². The Labute approximate surface area is 162 Å². The van der Waals surface area contributed by atoms with Gasteiger partial charge in [-0.25, -0.2) is 0 Å². The van der Waals surface area contributed by atoms with Crippen molar-refractivity contribution in [3.8, 4) is 17.2 Å². The van der Waals surface area contributed by atoms with Gasteiger partial charge in [0.2, 0.25) is 0 Å². The van der Waals surface area contributed by atoms with E-state index < -0.39 is 17.1 Å². The quantitative estimate of drug-likeness (QED) is 0.479. The van der Waals surface area contributed by atoms with E-state index in [2.05, 4.69) is 6.07 Å². The number of nitrogens with zero attached hydrogens (tertiary/aromatic N) is 2. The second-order valence-electron chi connectivity index (χ2n) is 6.48. The maximum atomic E-state index is 11.7. The summed E-state index contributed by atoms with van der Waals surface area (Å²) < 4.78 is 5.65. The molecule has 0 aromatic heterocycles. The Bertz CT molecular complexity index is 1070. The molecule has 0 aliphatic carbocycles. The third-order valence-corrected chi connectivity index (χ3v) is 4.82. The Morgan fingerprint density at radius 1 is 0.821 bits per heavy atom. The van der Waals surface area contributed by atoms with Gasteiger partial charge in [0, 0.05) is 5.56 Å². The fourth-order valence-electron chi connectivity index (χ4n) is 3.48. The summed E-state index contributed by atoms with van der Waals surface area (Å²) >= 11 is 0. The van der Waals surface area contributed by atoms with E-state index in [-0.39, 0.29) is 11.3 Å². The van der Waals surface area contributed by atoms with E-state index in [9.17, 15) is 15.4 Å². The van der Waals surface area contributed by atoms with Gasteiger partial charge in [0.1, 0.15) is 11.7 Å². The summed E-state index contributed by atoms with van der Waals surface area (Å²) in [5, 5.41) is 21.4. The summed E-state index contributed by atoms with van der Waals surface area (Å²) in [5.41, 5.74) is 3.69. The lowest BCUT2D eigenvalue weighted by atomic mass is 9.89. The average molecular weight is 368 g/mol. The van der Waals surface area contributed by atoms with Crippen molar-refractivity contribution in [1.82, 2.24) is 0 Å². The minimum atomic E-state index is -1.33. The Hall–Kier alpha value is -3.91. The smallest absolute Gasteiger partial charge is 0.365 e. The first-order valence-electron chi connectivity index (χ1n) is 8.84. The molecule has 1 aliphatic rings. The minimum absolute atomic E-state index is 0.278. The van der Waals surface area contributed by atoms with Crippen LogP contribution in [-0.2, 0) is 4.74 Å². The normalized spacial score (nSPS) is 18.4. The number of rotatable bonds is 4. The molecule has 1 aliphatic heterocycles. The van der Waals surface area contributed by atoms with E-state index in [1.165, 1.54) is 0 Å². The van der Waals surface area contributed by atoms with Crippen LogP contribution in [0.1, 0.15) is 17.0 Å². The molecule has 0 fully saturated rings. The van der Waals surface area contributed by atoms with Crippen molar-refractivity contribution in [2.75, 3.05) is 0 Å². The van der Waals surface area contributed by atoms with Crippen LogP contribution in [-0.4, -0.2) is 11.2 Å². The van der Waals surface area contributed by atoms with Gasteiger partial charge in [0.05, 0.1) is 16.6 Å². The predicted molar refractivity (Wildman–Crippen MR) is 105 cm³/mol. The van der Waals surface area contributed by atoms with Crippen LogP contribution in [0.15, 0.2) is 90.5 Å². The second kappa shape index (κ2) is 7.37. The molecule has 1 heterocycles. The van der Waals surface area contributed by atoms with E-state index in [0.717, 1.165) is 11.1 Å². The molecule has 136 valence electrons. The van der Waals surface area contributed by atoms with Crippen molar-refractivity contribution in [2.45, 2.75) is 12.1 Å². The van der Waals surface area contributed by atoms with Gasteiger partial charge >= 0.3 is 6.23 Å². The molecule has 0 saturated heterocycles. The third-order valence-electron chi connectivity index (χ3n) is 4.82. The predicted octanol–water partition coefficient (Wildman–Crippen LogP) is 5.01. The van der Waals surface area contributed by atoms with Crippen molar-refractivity contribution >= 4 is 5.76 Å². The molecule has 0 bridgehead atoms. The van der Waals surface area contributed by atoms with Crippen molar-refractivity contribution in [2.24, 2.45) is 0 Å². The molecule has 4 rings (SSSR count). The topological polar surface area (TPSA) is 76.2 Å². The molecule has 0 N–H and O–H groups in total. The van der Waals surface area contributed by atoms with Crippen LogP contribution >= 0.6 is 0 Å².